The standard InChI is InChI=1S/C22H26N2O5/c1-22(28-11-6-12-29-22)14-21(25)24-23-15-18-9-10-19(20(13-18)26-2)27-16-17-7-4-3-5-8-17/h3-5,7-10,13,15H,6,11-12,14,16H2,1-2H3,(H,24,25)/b23-15-. The quantitative estimate of drug-likeness (QED) is 0.545. The van der Waals surface area contributed by atoms with Crippen molar-refractivity contribution in [2.24, 2.45) is 5.10 Å². The average molecular weight is 398 g/mol. The lowest BCUT2D eigenvalue weighted by Gasteiger charge is -2.33. The number of methoxy groups -OCH3 is 1. The molecule has 0 radical (unpaired) electrons. The summed E-state index contributed by atoms with van der Waals surface area (Å²) in [5.74, 6) is 0.0592. The molecule has 0 aliphatic carbocycles. The molecule has 0 saturated carbocycles. The number of amides is 1. The van der Waals surface area contributed by atoms with Gasteiger partial charge in [0.2, 0.25) is 5.91 Å². The minimum atomic E-state index is -0.890. The fourth-order valence-corrected chi connectivity index (χ4v) is 2.91. The number of rotatable bonds is 8. The Balaban J connectivity index is 1.54. The molecule has 0 bridgehead atoms. The highest BCUT2D eigenvalue weighted by Gasteiger charge is 2.31. The van der Waals surface area contributed by atoms with Gasteiger partial charge in [-0.2, -0.15) is 5.10 Å². The molecular formula is C22H26N2O5. The van der Waals surface area contributed by atoms with Crippen molar-refractivity contribution < 1.29 is 23.7 Å². The summed E-state index contributed by atoms with van der Waals surface area (Å²) < 4.78 is 22.3. The summed E-state index contributed by atoms with van der Waals surface area (Å²) in [4.78, 5) is 12.1. The van der Waals surface area contributed by atoms with Gasteiger partial charge in [0.25, 0.3) is 0 Å². The highest BCUT2D eigenvalue weighted by atomic mass is 16.7. The summed E-state index contributed by atoms with van der Waals surface area (Å²) in [7, 11) is 1.58. The molecule has 0 spiro atoms. The second-order valence-corrected chi connectivity index (χ2v) is 6.84. The van der Waals surface area contributed by atoms with Crippen LogP contribution in [-0.2, 0) is 20.9 Å². The summed E-state index contributed by atoms with van der Waals surface area (Å²) >= 11 is 0. The molecular weight excluding hydrogens is 372 g/mol. The maximum absolute atomic E-state index is 12.1. The molecule has 1 amide bonds. The Kier molecular flexibility index (Phi) is 7.21. The van der Waals surface area contributed by atoms with Gasteiger partial charge in [-0.3, -0.25) is 4.79 Å². The van der Waals surface area contributed by atoms with Crippen molar-refractivity contribution in [2.45, 2.75) is 32.2 Å². The molecule has 0 unspecified atom stereocenters. The van der Waals surface area contributed by atoms with Crippen LogP contribution in [0.1, 0.15) is 30.9 Å². The Morgan fingerprint density at radius 1 is 1.17 bits per heavy atom. The van der Waals surface area contributed by atoms with Crippen molar-refractivity contribution in [3.05, 3.63) is 59.7 Å². The predicted octanol–water partition coefficient (Wildman–Crippen LogP) is 3.27. The fourth-order valence-electron chi connectivity index (χ4n) is 2.91. The smallest absolute Gasteiger partial charge is 0.245 e. The van der Waals surface area contributed by atoms with E-state index in [4.69, 9.17) is 18.9 Å². The molecule has 1 saturated heterocycles. The van der Waals surface area contributed by atoms with Gasteiger partial charge in [-0.1, -0.05) is 30.3 Å². The van der Waals surface area contributed by atoms with Gasteiger partial charge in [0.15, 0.2) is 17.3 Å². The third kappa shape index (κ3) is 6.30. The molecule has 1 aliphatic heterocycles. The normalized spacial score (nSPS) is 15.8. The first kappa shape index (κ1) is 20.8. The molecule has 7 nitrogen and oxygen atoms in total. The number of nitrogens with zero attached hydrogens (tertiary/aromatic N) is 1. The van der Waals surface area contributed by atoms with Gasteiger partial charge in [-0.25, -0.2) is 5.43 Å². The summed E-state index contributed by atoms with van der Waals surface area (Å²) in [5, 5.41) is 4.00. The van der Waals surface area contributed by atoms with Crippen molar-refractivity contribution in [3.8, 4) is 11.5 Å². The Hall–Kier alpha value is -2.90. The number of hydrogen-bond donors (Lipinski definition) is 1. The second-order valence-electron chi connectivity index (χ2n) is 6.84. The zero-order valence-electron chi connectivity index (χ0n) is 16.7. The van der Waals surface area contributed by atoms with Crippen LogP contribution in [0, 0.1) is 0 Å². The third-order valence-electron chi connectivity index (χ3n) is 4.41. The first-order chi connectivity index (χ1) is 14.1. The van der Waals surface area contributed by atoms with Crippen LogP contribution in [0.3, 0.4) is 0 Å². The number of ether oxygens (including phenoxy) is 4. The van der Waals surface area contributed by atoms with Crippen LogP contribution < -0.4 is 14.9 Å². The van der Waals surface area contributed by atoms with Gasteiger partial charge >= 0.3 is 0 Å². The van der Waals surface area contributed by atoms with Gasteiger partial charge in [0, 0.05) is 0 Å². The molecule has 1 heterocycles. The van der Waals surface area contributed by atoms with Crippen LogP contribution in [0.15, 0.2) is 53.6 Å². The molecule has 29 heavy (non-hydrogen) atoms. The average Bonchev–Trinajstić information content (AvgIpc) is 2.73. The van der Waals surface area contributed by atoms with Gasteiger partial charge in [0.1, 0.15) is 6.61 Å². The van der Waals surface area contributed by atoms with E-state index in [1.54, 1.807) is 26.3 Å². The SMILES string of the molecule is COc1cc(/C=N\NC(=O)CC2(C)OCCCO2)ccc1OCc1ccccc1. The number of hydrazone groups is 1. The molecule has 2 aromatic carbocycles. The van der Waals surface area contributed by atoms with E-state index in [0.29, 0.717) is 31.3 Å². The fraction of sp³-hybridized carbons (Fsp3) is 0.364. The number of carbonyl (C=O) groups excluding carboxylic acids is 1. The molecule has 7 heteroatoms. The maximum atomic E-state index is 12.1. The summed E-state index contributed by atoms with van der Waals surface area (Å²) in [6, 6.07) is 15.4. The molecule has 154 valence electrons. The van der Waals surface area contributed by atoms with E-state index in [9.17, 15) is 4.79 Å². The molecule has 0 aromatic heterocycles. The molecule has 1 aliphatic rings. The lowest BCUT2D eigenvalue weighted by Crippen LogP contribution is -2.41. The maximum Gasteiger partial charge on any atom is 0.245 e. The van der Waals surface area contributed by atoms with Crippen LogP contribution in [0.4, 0.5) is 0 Å². The van der Waals surface area contributed by atoms with Gasteiger partial charge in [-0.05, 0) is 42.7 Å². The van der Waals surface area contributed by atoms with Crippen LogP contribution >= 0.6 is 0 Å². The van der Waals surface area contributed by atoms with E-state index in [-0.39, 0.29) is 12.3 Å². The second kappa shape index (κ2) is 10.0. The van der Waals surface area contributed by atoms with Gasteiger partial charge in [0.05, 0.1) is 33.0 Å². The first-order valence-electron chi connectivity index (χ1n) is 9.52. The minimum absolute atomic E-state index is 0.0833. The van der Waals surface area contributed by atoms with E-state index in [2.05, 4.69) is 10.5 Å². The van der Waals surface area contributed by atoms with Crippen LogP contribution in [-0.4, -0.2) is 38.2 Å². The zero-order chi connectivity index (χ0) is 20.5. The number of benzene rings is 2. The van der Waals surface area contributed by atoms with Crippen molar-refractivity contribution >= 4 is 12.1 Å². The summed E-state index contributed by atoms with van der Waals surface area (Å²) in [5.41, 5.74) is 4.34. The number of carbonyl (C=O) groups is 1. The van der Waals surface area contributed by atoms with Crippen molar-refractivity contribution in [1.82, 2.24) is 5.43 Å². The molecule has 2 aromatic rings. The lowest BCUT2D eigenvalue weighted by atomic mass is 10.2. The Bertz CT molecular complexity index is 832. The minimum Gasteiger partial charge on any atom is -0.493 e. The summed E-state index contributed by atoms with van der Waals surface area (Å²) in [6.45, 7) is 3.38. The highest BCUT2D eigenvalue weighted by Crippen LogP contribution is 2.28. The van der Waals surface area contributed by atoms with Gasteiger partial charge < -0.3 is 18.9 Å². The monoisotopic (exact) mass is 398 g/mol. The highest BCUT2D eigenvalue weighted by molar-refractivity contribution is 5.83. The Morgan fingerprint density at radius 2 is 1.93 bits per heavy atom. The van der Waals surface area contributed by atoms with E-state index in [0.717, 1.165) is 17.5 Å². The largest absolute Gasteiger partial charge is 0.493 e. The topological polar surface area (TPSA) is 78.4 Å². The lowest BCUT2D eigenvalue weighted by molar-refractivity contribution is -0.256. The van der Waals surface area contributed by atoms with Crippen LogP contribution in [0.25, 0.3) is 0 Å². The van der Waals surface area contributed by atoms with Crippen molar-refractivity contribution in [3.63, 3.8) is 0 Å². The molecule has 1 N–H and O–H groups in total. The van der Waals surface area contributed by atoms with E-state index >= 15 is 0 Å². The van der Waals surface area contributed by atoms with E-state index < -0.39 is 5.79 Å². The predicted molar refractivity (Wildman–Crippen MR) is 109 cm³/mol. The summed E-state index contributed by atoms with van der Waals surface area (Å²) in [6.07, 6.45) is 2.47. The van der Waals surface area contributed by atoms with Crippen molar-refractivity contribution in [2.75, 3.05) is 20.3 Å². The van der Waals surface area contributed by atoms with Crippen LogP contribution in [0.2, 0.25) is 0 Å². The van der Waals surface area contributed by atoms with E-state index in [1.807, 2.05) is 42.5 Å². The zero-order valence-corrected chi connectivity index (χ0v) is 16.7. The van der Waals surface area contributed by atoms with Crippen molar-refractivity contribution in [1.29, 1.82) is 0 Å². The van der Waals surface area contributed by atoms with Gasteiger partial charge in [-0.15, -0.1) is 0 Å². The molecule has 1 fully saturated rings. The molecule has 0 atom stereocenters. The Morgan fingerprint density at radius 3 is 2.66 bits per heavy atom. The Labute approximate surface area is 170 Å². The number of nitrogens with one attached hydrogen (secondary N) is 1. The number of hydrogen-bond acceptors (Lipinski definition) is 6. The molecule has 3 rings (SSSR count). The van der Waals surface area contributed by atoms with Crippen LogP contribution in [0.5, 0.6) is 11.5 Å². The van der Waals surface area contributed by atoms with E-state index in [1.165, 1.54) is 0 Å². The third-order valence-corrected chi connectivity index (χ3v) is 4.41. The first-order valence-corrected chi connectivity index (χ1v) is 9.52.